The van der Waals surface area contributed by atoms with Gasteiger partial charge in [-0.2, -0.15) is 0 Å². The molecule has 4 aromatic rings. The Hall–Kier alpha value is -3.56. The zero-order valence-corrected chi connectivity index (χ0v) is 18.4. The number of carbonyl (C=O) groups is 1. The molecule has 0 aliphatic rings. The van der Waals surface area contributed by atoms with E-state index in [0.29, 0.717) is 29.5 Å². The maximum absolute atomic E-state index is 13.1. The van der Waals surface area contributed by atoms with Gasteiger partial charge in [0.1, 0.15) is 12.4 Å². The molecule has 0 unspecified atom stereocenters. The highest BCUT2D eigenvalue weighted by Crippen LogP contribution is 2.29. The standard InChI is InChI=1S/C28H24ClNO2/c29-24-13-7-12-23(18-24)26-15-14-25(32-20-22-10-5-2-6-11-22)19-27(26)28(31)30-17-16-21-8-3-1-4-9-21/h1-15,18-19H,16-17,20H2,(H,30,31). The van der Waals surface area contributed by atoms with E-state index in [4.69, 9.17) is 16.3 Å². The molecule has 0 radical (unpaired) electrons. The summed E-state index contributed by atoms with van der Waals surface area (Å²) in [6.07, 6.45) is 0.767. The first-order valence-corrected chi connectivity index (χ1v) is 11.0. The lowest BCUT2D eigenvalue weighted by Gasteiger charge is -2.14. The van der Waals surface area contributed by atoms with Gasteiger partial charge in [-0.1, -0.05) is 84.4 Å². The van der Waals surface area contributed by atoms with E-state index < -0.39 is 0 Å². The molecule has 0 aromatic heterocycles. The van der Waals surface area contributed by atoms with Crippen LogP contribution in [0.2, 0.25) is 5.02 Å². The lowest BCUT2D eigenvalue weighted by molar-refractivity contribution is 0.0954. The van der Waals surface area contributed by atoms with Gasteiger partial charge in [-0.3, -0.25) is 4.79 Å². The van der Waals surface area contributed by atoms with Crippen LogP contribution in [0.3, 0.4) is 0 Å². The Kier molecular flexibility index (Phi) is 7.21. The molecular formula is C28H24ClNO2. The zero-order chi connectivity index (χ0) is 22.2. The third-order valence-corrected chi connectivity index (χ3v) is 5.40. The summed E-state index contributed by atoms with van der Waals surface area (Å²) in [5, 5.41) is 3.67. The topological polar surface area (TPSA) is 38.3 Å². The van der Waals surface area contributed by atoms with Gasteiger partial charge < -0.3 is 10.1 Å². The third-order valence-electron chi connectivity index (χ3n) is 5.16. The van der Waals surface area contributed by atoms with E-state index in [1.807, 2.05) is 84.9 Å². The van der Waals surface area contributed by atoms with Gasteiger partial charge in [-0.15, -0.1) is 0 Å². The van der Waals surface area contributed by atoms with Crippen LogP contribution in [0.1, 0.15) is 21.5 Å². The zero-order valence-electron chi connectivity index (χ0n) is 17.6. The summed E-state index contributed by atoms with van der Waals surface area (Å²) in [6, 6.07) is 33.2. The van der Waals surface area contributed by atoms with E-state index in [9.17, 15) is 4.79 Å². The third kappa shape index (κ3) is 5.77. The Morgan fingerprint density at radius 2 is 1.50 bits per heavy atom. The van der Waals surface area contributed by atoms with Crippen LogP contribution in [0.25, 0.3) is 11.1 Å². The van der Waals surface area contributed by atoms with E-state index in [0.717, 1.165) is 23.1 Å². The second-order valence-electron chi connectivity index (χ2n) is 7.48. The summed E-state index contributed by atoms with van der Waals surface area (Å²) in [5.41, 5.74) is 4.52. The SMILES string of the molecule is O=C(NCCc1ccccc1)c1cc(OCc2ccccc2)ccc1-c1cccc(Cl)c1. The van der Waals surface area contributed by atoms with Crippen molar-refractivity contribution in [3.05, 3.63) is 125 Å². The van der Waals surface area contributed by atoms with Crippen molar-refractivity contribution in [2.45, 2.75) is 13.0 Å². The summed E-state index contributed by atoms with van der Waals surface area (Å²) in [6.45, 7) is 0.985. The normalized spacial score (nSPS) is 10.5. The molecule has 3 nitrogen and oxygen atoms in total. The van der Waals surface area contributed by atoms with E-state index >= 15 is 0 Å². The fraction of sp³-hybridized carbons (Fsp3) is 0.107. The Bertz CT molecular complexity index is 1180. The molecule has 4 heteroatoms. The molecule has 0 fully saturated rings. The maximum Gasteiger partial charge on any atom is 0.252 e. The molecular weight excluding hydrogens is 418 g/mol. The minimum Gasteiger partial charge on any atom is -0.489 e. The Morgan fingerprint density at radius 1 is 0.781 bits per heavy atom. The van der Waals surface area contributed by atoms with Crippen molar-refractivity contribution in [3.63, 3.8) is 0 Å². The number of carbonyl (C=O) groups excluding carboxylic acids is 1. The summed E-state index contributed by atoms with van der Waals surface area (Å²) < 4.78 is 5.97. The predicted molar refractivity (Wildman–Crippen MR) is 130 cm³/mol. The lowest BCUT2D eigenvalue weighted by atomic mass is 9.98. The fourth-order valence-corrected chi connectivity index (χ4v) is 3.70. The molecule has 0 bridgehead atoms. The molecule has 0 aliphatic carbocycles. The average Bonchev–Trinajstić information content (AvgIpc) is 2.84. The van der Waals surface area contributed by atoms with Gasteiger partial charge in [-0.05, 0) is 59.0 Å². The monoisotopic (exact) mass is 441 g/mol. The Balaban J connectivity index is 1.55. The van der Waals surface area contributed by atoms with Crippen molar-refractivity contribution in [1.82, 2.24) is 5.32 Å². The summed E-state index contributed by atoms with van der Waals surface area (Å²) in [4.78, 5) is 13.1. The number of nitrogens with one attached hydrogen (secondary N) is 1. The molecule has 0 heterocycles. The number of halogens is 1. The quantitative estimate of drug-likeness (QED) is 0.336. The number of rotatable bonds is 8. The molecule has 0 saturated carbocycles. The van der Waals surface area contributed by atoms with E-state index in [-0.39, 0.29) is 5.91 Å². The van der Waals surface area contributed by atoms with Crippen LogP contribution in [0.15, 0.2) is 103 Å². The van der Waals surface area contributed by atoms with Gasteiger partial charge in [0, 0.05) is 11.6 Å². The summed E-state index contributed by atoms with van der Waals surface area (Å²) >= 11 is 6.20. The largest absolute Gasteiger partial charge is 0.489 e. The molecule has 1 amide bonds. The molecule has 0 aliphatic heterocycles. The molecule has 0 atom stereocenters. The first kappa shape index (κ1) is 21.7. The first-order chi connectivity index (χ1) is 15.7. The second kappa shape index (κ2) is 10.7. The van der Waals surface area contributed by atoms with Crippen LogP contribution in [0.5, 0.6) is 5.75 Å². The van der Waals surface area contributed by atoms with Gasteiger partial charge >= 0.3 is 0 Å². The highest BCUT2D eigenvalue weighted by atomic mass is 35.5. The minimum atomic E-state index is -0.138. The summed E-state index contributed by atoms with van der Waals surface area (Å²) in [7, 11) is 0. The van der Waals surface area contributed by atoms with Crippen LogP contribution < -0.4 is 10.1 Å². The van der Waals surface area contributed by atoms with Crippen LogP contribution in [-0.2, 0) is 13.0 Å². The number of amides is 1. The van der Waals surface area contributed by atoms with Crippen molar-refractivity contribution in [3.8, 4) is 16.9 Å². The number of hydrogen-bond acceptors (Lipinski definition) is 2. The highest BCUT2D eigenvalue weighted by molar-refractivity contribution is 6.30. The van der Waals surface area contributed by atoms with E-state index in [1.165, 1.54) is 5.56 Å². The fourth-order valence-electron chi connectivity index (χ4n) is 3.51. The first-order valence-electron chi connectivity index (χ1n) is 10.6. The van der Waals surface area contributed by atoms with Gasteiger partial charge in [-0.25, -0.2) is 0 Å². The minimum absolute atomic E-state index is 0.138. The lowest BCUT2D eigenvalue weighted by Crippen LogP contribution is -2.26. The molecule has 0 spiro atoms. The van der Waals surface area contributed by atoms with Crippen LogP contribution >= 0.6 is 11.6 Å². The van der Waals surface area contributed by atoms with Crippen LogP contribution in [-0.4, -0.2) is 12.5 Å². The van der Waals surface area contributed by atoms with Crippen molar-refractivity contribution in [2.75, 3.05) is 6.54 Å². The Labute approximate surface area is 193 Å². The van der Waals surface area contributed by atoms with Gasteiger partial charge in [0.05, 0.1) is 5.56 Å². The number of benzene rings is 4. The van der Waals surface area contributed by atoms with Crippen molar-refractivity contribution >= 4 is 17.5 Å². The summed E-state index contributed by atoms with van der Waals surface area (Å²) in [5.74, 6) is 0.508. The van der Waals surface area contributed by atoms with Crippen molar-refractivity contribution in [2.24, 2.45) is 0 Å². The molecule has 0 saturated heterocycles. The van der Waals surface area contributed by atoms with E-state index in [2.05, 4.69) is 17.4 Å². The molecule has 4 rings (SSSR count). The molecule has 32 heavy (non-hydrogen) atoms. The number of hydrogen-bond donors (Lipinski definition) is 1. The molecule has 160 valence electrons. The van der Waals surface area contributed by atoms with Crippen LogP contribution in [0, 0.1) is 0 Å². The van der Waals surface area contributed by atoms with Crippen LogP contribution in [0.4, 0.5) is 0 Å². The van der Waals surface area contributed by atoms with Gasteiger partial charge in [0.2, 0.25) is 0 Å². The van der Waals surface area contributed by atoms with Crippen molar-refractivity contribution < 1.29 is 9.53 Å². The predicted octanol–water partition coefficient (Wildman–Crippen LogP) is 6.56. The van der Waals surface area contributed by atoms with Gasteiger partial charge in [0.25, 0.3) is 5.91 Å². The van der Waals surface area contributed by atoms with Gasteiger partial charge in [0.15, 0.2) is 0 Å². The highest BCUT2D eigenvalue weighted by Gasteiger charge is 2.15. The molecule has 4 aromatic carbocycles. The number of ether oxygens (including phenoxy) is 1. The van der Waals surface area contributed by atoms with E-state index in [1.54, 1.807) is 6.07 Å². The second-order valence-corrected chi connectivity index (χ2v) is 7.92. The Morgan fingerprint density at radius 3 is 2.22 bits per heavy atom. The average molecular weight is 442 g/mol. The maximum atomic E-state index is 13.1. The molecule has 1 N–H and O–H groups in total. The van der Waals surface area contributed by atoms with Crippen molar-refractivity contribution in [1.29, 1.82) is 0 Å². The smallest absolute Gasteiger partial charge is 0.252 e.